The van der Waals surface area contributed by atoms with Crippen LogP contribution in [0.3, 0.4) is 0 Å². The topological polar surface area (TPSA) is 0 Å². The molecule has 0 aliphatic heterocycles. The number of hydrogen-bond acceptors (Lipinski definition) is 0. The van der Waals surface area contributed by atoms with E-state index in [0.29, 0.717) is 0 Å². The maximum atomic E-state index is 3.87. The third kappa shape index (κ3) is 7.97. The van der Waals surface area contributed by atoms with Crippen LogP contribution in [0.1, 0.15) is 65.2 Å². The third-order valence-electron chi connectivity index (χ3n) is 2.50. The predicted molar refractivity (Wildman–Crippen MR) is 57.1 cm³/mol. The average molecular weight is 169 g/mol. The first kappa shape index (κ1) is 11.9. The Morgan fingerprint density at radius 2 is 1.67 bits per heavy atom. The molecule has 0 aromatic heterocycles. The van der Waals surface area contributed by atoms with Gasteiger partial charge in [0.2, 0.25) is 0 Å². The fraction of sp³-hybridized carbons (Fsp3) is 0.917. The Morgan fingerprint density at radius 1 is 1.00 bits per heavy atom. The summed E-state index contributed by atoms with van der Waals surface area (Å²) < 4.78 is 0. The molecule has 0 aromatic rings. The smallest absolute Gasteiger partial charge is 0.0654 e. The molecule has 0 rings (SSSR count). The van der Waals surface area contributed by atoms with Gasteiger partial charge in [0.25, 0.3) is 0 Å². The zero-order valence-corrected chi connectivity index (χ0v) is 8.94. The van der Waals surface area contributed by atoms with Crippen molar-refractivity contribution in [1.82, 2.24) is 0 Å². The van der Waals surface area contributed by atoms with Gasteiger partial charge in [-0.25, -0.2) is 0 Å². The predicted octanol–water partition coefficient (Wildman–Crippen LogP) is 4.60. The van der Waals surface area contributed by atoms with Gasteiger partial charge in [-0.1, -0.05) is 46.0 Å². The lowest BCUT2D eigenvalue weighted by molar-refractivity contribution is 0.448. The first-order valence-electron chi connectivity index (χ1n) is 5.60. The summed E-state index contributed by atoms with van der Waals surface area (Å²) in [5.41, 5.74) is 0. The summed E-state index contributed by atoms with van der Waals surface area (Å²) >= 11 is 0. The van der Waals surface area contributed by atoms with Crippen LogP contribution in [0, 0.1) is 12.8 Å². The molecule has 0 aliphatic rings. The van der Waals surface area contributed by atoms with Crippen molar-refractivity contribution in [1.29, 1.82) is 0 Å². The Labute approximate surface area is 78.8 Å². The van der Waals surface area contributed by atoms with Crippen LogP contribution in [0.15, 0.2) is 0 Å². The van der Waals surface area contributed by atoms with Crippen molar-refractivity contribution < 1.29 is 0 Å². The molecule has 0 heteroatoms. The quantitative estimate of drug-likeness (QED) is 0.368. The van der Waals surface area contributed by atoms with E-state index in [-0.39, 0.29) is 0 Å². The van der Waals surface area contributed by atoms with Crippen molar-refractivity contribution in [2.75, 3.05) is 0 Å². The minimum absolute atomic E-state index is 0.934. The van der Waals surface area contributed by atoms with Crippen LogP contribution in [0.2, 0.25) is 0 Å². The largest absolute Gasteiger partial charge is 0.0850 e. The molecule has 0 saturated heterocycles. The van der Waals surface area contributed by atoms with Crippen molar-refractivity contribution >= 4 is 0 Å². The minimum atomic E-state index is 0.934. The monoisotopic (exact) mass is 169 g/mol. The second kappa shape index (κ2) is 8.96. The molecule has 0 fully saturated rings. The van der Waals surface area contributed by atoms with Crippen LogP contribution in [-0.2, 0) is 0 Å². The van der Waals surface area contributed by atoms with Crippen LogP contribution in [0.25, 0.3) is 0 Å². The van der Waals surface area contributed by atoms with E-state index < -0.39 is 0 Å². The highest BCUT2D eigenvalue weighted by molar-refractivity contribution is 4.54. The molecule has 0 nitrogen and oxygen atoms in total. The second-order valence-electron chi connectivity index (χ2n) is 3.95. The Bertz CT molecular complexity index is 76.1. The average Bonchev–Trinajstić information content (AvgIpc) is 2.09. The molecule has 0 aliphatic carbocycles. The molecule has 0 bridgehead atoms. The van der Waals surface area contributed by atoms with Crippen molar-refractivity contribution in [3.8, 4) is 0 Å². The first-order chi connectivity index (χ1) is 5.81. The van der Waals surface area contributed by atoms with E-state index in [1.54, 1.807) is 0 Å². The van der Waals surface area contributed by atoms with Crippen molar-refractivity contribution in [2.45, 2.75) is 65.2 Å². The fourth-order valence-electron chi connectivity index (χ4n) is 1.56. The zero-order valence-electron chi connectivity index (χ0n) is 8.94. The molecule has 0 amide bonds. The minimum Gasteiger partial charge on any atom is -0.0654 e. The van der Waals surface area contributed by atoms with Crippen molar-refractivity contribution in [2.24, 2.45) is 5.92 Å². The number of rotatable bonds is 8. The molecule has 0 aromatic carbocycles. The summed E-state index contributed by atoms with van der Waals surface area (Å²) in [5.74, 6) is 0.934. The van der Waals surface area contributed by atoms with E-state index in [0.717, 1.165) is 12.3 Å². The molecule has 0 saturated carbocycles. The molecule has 1 unspecified atom stereocenters. The summed E-state index contributed by atoms with van der Waals surface area (Å²) in [6.07, 6.45) is 10.9. The van der Waals surface area contributed by atoms with E-state index in [1.807, 2.05) is 0 Å². The van der Waals surface area contributed by atoms with Gasteiger partial charge in [0.15, 0.2) is 0 Å². The Balaban J connectivity index is 3.02. The second-order valence-corrected chi connectivity index (χ2v) is 3.95. The Hall–Kier alpha value is -0.130. The lowest BCUT2D eigenvalue weighted by Crippen LogP contribution is -1.94. The van der Waals surface area contributed by atoms with Crippen LogP contribution >= 0.6 is 0 Å². The summed E-state index contributed by atoms with van der Waals surface area (Å²) in [6.45, 7) is 8.51. The Kier molecular flexibility index (Phi) is 8.86. The van der Waals surface area contributed by atoms with Gasteiger partial charge in [-0.15, -0.1) is 0 Å². The maximum absolute atomic E-state index is 3.87. The summed E-state index contributed by atoms with van der Waals surface area (Å²) in [4.78, 5) is 0. The lowest BCUT2D eigenvalue weighted by atomic mass is 9.97. The Morgan fingerprint density at radius 3 is 2.25 bits per heavy atom. The highest BCUT2D eigenvalue weighted by atomic mass is 14.1. The third-order valence-corrected chi connectivity index (χ3v) is 2.50. The van der Waals surface area contributed by atoms with Gasteiger partial charge in [0, 0.05) is 0 Å². The maximum Gasteiger partial charge on any atom is 0.0850 e. The molecule has 72 valence electrons. The van der Waals surface area contributed by atoms with E-state index in [9.17, 15) is 0 Å². The summed E-state index contributed by atoms with van der Waals surface area (Å²) in [7, 11) is 0. The molecule has 1 atom stereocenters. The van der Waals surface area contributed by atoms with Crippen LogP contribution in [-0.4, -0.2) is 0 Å². The molecular weight excluding hydrogens is 144 g/mol. The SMILES string of the molecule is [CH2+]CCCC(C)CCCCCC. The summed E-state index contributed by atoms with van der Waals surface area (Å²) in [5, 5.41) is 0. The molecule has 12 heavy (non-hydrogen) atoms. The van der Waals surface area contributed by atoms with Gasteiger partial charge >= 0.3 is 0 Å². The number of hydrogen-bond donors (Lipinski definition) is 0. The van der Waals surface area contributed by atoms with Crippen LogP contribution < -0.4 is 0 Å². The van der Waals surface area contributed by atoms with Crippen molar-refractivity contribution in [3.05, 3.63) is 6.92 Å². The van der Waals surface area contributed by atoms with Gasteiger partial charge in [0.05, 0.1) is 13.3 Å². The first-order valence-corrected chi connectivity index (χ1v) is 5.60. The highest BCUT2D eigenvalue weighted by Gasteiger charge is 2.01. The fourth-order valence-corrected chi connectivity index (χ4v) is 1.56. The highest BCUT2D eigenvalue weighted by Crippen LogP contribution is 2.15. The van der Waals surface area contributed by atoms with E-state index in [2.05, 4.69) is 20.8 Å². The van der Waals surface area contributed by atoms with Crippen LogP contribution in [0.4, 0.5) is 0 Å². The molecule has 0 radical (unpaired) electrons. The van der Waals surface area contributed by atoms with Crippen molar-refractivity contribution in [3.63, 3.8) is 0 Å². The standard InChI is InChI=1S/C12H25/c1-4-6-8-9-11-12(3)10-7-5-2/h12H,2,4-11H2,1,3H3/q+1. The van der Waals surface area contributed by atoms with Crippen LogP contribution in [0.5, 0.6) is 0 Å². The van der Waals surface area contributed by atoms with Gasteiger partial charge in [-0.05, 0) is 18.8 Å². The van der Waals surface area contributed by atoms with Gasteiger partial charge in [-0.2, -0.15) is 0 Å². The molecular formula is C12H25+. The van der Waals surface area contributed by atoms with E-state index in [4.69, 9.17) is 0 Å². The normalized spacial score (nSPS) is 13.2. The van der Waals surface area contributed by atoms with E-state index >= 15 is 0 Å². The summed E-state index contributed by atoms with van der Waals surface area (Å²) in [6, 6.07) is 0. The lowest BCUT2D eigenvalue weighted by Gasteiger charge is -2.08. The van der Waals surface area contributed by atoms with E-state index in [1.165, 1.54) is 44.9 Å². The number of unbranched alkanes of at least 4 members (excludes halogenated alkanes) is 4. The van der Waals surface area contributed by atoms with Gasteiger partial charge in [-0.3, -0.25) is 0 Å². The molecule has 0 spiro atoms. The zero-order chi connectivity index (χ0) is 9.23. The molecule has 0 heterocycles. The van der Waals surface area contributed by atoms with Gasteiger partial charge < -0.3 is 0 Å². The molecule has 0 N–H and O–H groups in total. The van der Waals surface area contributed by atoms with Gasteiger partial charge in [0.1, 0.15) is 0 Å².